The van der Waals surface area contributed by atoms with Gasteiger partial charge in [-0.1, -0.05) is 37.4 Å². The minimum atomic E-state index is 0.0897. The lowest BCUT2D eigenvalue weighted by Gasteiger charge is -2.16. The van der Waals surface area contributed by atoms with E-state index < -0.39 is 0 Å². The predicted molar refractivity (Wildman–Crippen MR) is 84.2 cm³/mol. The Morgan fingerprint density at radius 1 is 1.33 bits per heavy atom. The van der Waals surface area contributed by atoms with Crippen LogP contribution < -0.4 is 11.1 Å². The van der Waals surface area contributed by atoms with E-state index in [-0.39, 0.29) is 5.91 Å². The Kier molecular flexibility index (Phi) is 6.50. The largest absolute Gasteiger partial charge is 0.353 e. The van der Waals surface area contributed by atoms with Crippen molar-refractivity contribution in [2.75, 3.05) is 12.3 Å². The Hall–Kier alpha value is -1.08. The minimum Gasteiger partial charge on any atom is -0.353 e. The summed E-state index contributed by atoms with van der Waals surface area (Å²) in [5, 5.41) is 12.1. The molecular formula is C14H25N5OS. The Bertz CT molecular complexity index is 454. The molecule has 1 fully saturated rings. The third-order valence-corrected chi connectivity index (χ3v) is 4.77. The van der Waals surface area contributed by atoms with Crippen LogP contribution in [0.1, 0.15) is 44.3 Å². The quantitative estimate of drug-likeness (QED) is 0.614. The van der Waals surface area contributed by atoms with Gasteiger partial charge in [-0.05, 0) is 19.8 Å². The number of nitrogens with one attached hydrogen (secondary N) is 1. The summed E-state index contributed by atoms with van der Waals surface area (Å²) in [4.78, 5) is 12.1. The van der Waals surface area contributed by atoms with Crippen LogP contribution in [0.2, 0.25) is 0 Å². The lowest BCUT2D eigenvalue weighted by molar-refractivity contribution is -0.119. The highest BCUT2D eigenvalue weighted by Crippen LogP contribution is 2.19. The van der Waals surface area contributed by atoms with Crippen LogP contribution in [0.5, 0.6) is 0 Å². The second kappa shape index (κ2) is 8.38. The molecule has 1 amide bonds. The Balaban J connectivity index is 1.80. The van der Waals surface area contributed by atoms with Crippen molar-refractivity contribution in [3.8, 4) is 0 Å². The highest BCUT2D eigenvalue weighted by atomic mass is 32.2. The number of amides is 1. The molecule has 7 heteroatoms. The first-order chi connectivity index (χ1) is 10.2. The van der Waals surface area contributed by atoms with E-state index >= 15 is 0 Å². The van der Waals surface area contributed by atoms with Gasteiger partial charge in [0.1, 0.15) is 5.82 Å². The van der Waals surface area contributed by atoms with Gasteiger partial charge in [-0.3, -0.25) is 4.79 Å². The topological polar surface area (TPSA) is 85.8 Å². The highest BCUT2D eigenvalue weighted by molar-refractivity contribution is 7.99. The van der Waals surface area contributed by atoms with E-state index in [2.05, 4.69) is 15.5 Å². The SMILES string of the molecule is Cc1nnc(SCC(=O)NC2CCCCCC2)n1CCN. The maximum atomic E-state index is 12.1. The number of aryl methyl sites for hydroxylation is 1. The summed E-state index contributed by atoms with van der Waals surface area (Å²) >= 11 is 1.43. The third-order valence-electron chi connectivity index (χ3n) is 3.81. The monoisotopic (exact) mass is 311 g/mol. The van der Waals surface area contributed by atoms with Gasteiger partial charge in [0, 0.05) is 19.1 Å². The van der Waals surface area contributed by atoms with Gasteiger partial charge in [-0.25, -0.2) is 0 Å². The van der Waals surface area contributed by atoms with Crippen LogP contribution in [0.25, 0.3) is 0 Å². The first-order valence-electron chi connectivity index (χ1n) is 7.72. The van der Waals surface area contributed by atoms with E-state index in [1.165, 1.54) is 37.4 Å². The maximum absolute atomic E-state index is 12.1. The van der Waals surface area contributed by atoms with Gasteiger partial charge in [0.05, 0.1) is 5.75 Å². The van der Waals surface area contributed by atoms with E-state index in [1.54, 1.807) is 0 Å². The zero-order chi connectivity index (χ0) is 15.1. The Morgan fingerprint density at radius 2 is 2.05 bits per heavy atom. The van der Waals surface area contributed by atoms with Gasteiger partial charge in [0.15, 0.2) is 5.16 Å². The molecular weight excluding hydrogens is 286 g/mol. The zero-order valence-corrected chi connectivity index (χ0v) is 13.5. The van der Waals surface area contributed by atoms with Crippen molar-refractivity contribution in [3.05, 3.63) is 5.82 Å². The molecule has 0 atom stereocenters. The Labute approximate surface area is 130 Å². The number of hydrogen-bond acceptors (Lipinski definition) is 5. The van der Waals surface area contributed by atoms with Gasteiger partial charge in [0.2, 0.25) is 5.91 Å². The zero-order valence-electron chi connectivity index (χ0n) is 12.7. The fourth-order valence-corrected chi connectivity index (χ4v) is 3.50. The van der Waals surface area contributed by atoms with Gasteiger partial charge in [0.25, 0.3) is 0 Å². The highest BCUT2D eigenvalue weighted by Gasteiger charge is 2.16. The number of nitrogens with two attached hydrogens (primary N) is 1. The van der Waals surface area contributed by atoms with Gasteiger partial charge in [-0.2, -0.15) is 0 Å². The second-order valence-corrected chi connectivity index (χ2v) is 6.46. The molecule has 3 N–H and O–H groups in total. The molecule has 1 aromatic heterocycles. The van der Waals surface area contributed by atoms with E-state index in [1.807, 2.05) is 11.5 Å². The van der Waals surface area contributed by atoms with Crippen LogP contribution in [-0.4, -0.2) is 39.0 Å². The average Bonchev–Trinajstić information content (AvgIpc) is 2.67. The van der Waals surface area contributed by atoms with Crippen molar-refractivity contribution in [2.45, 2.75) is 63.2 Å². The molecule has 0 saturated heterocycles. The number of thioether (sulfide) groups is 1. The maximum Gasteiger partial charge on any atom is 0.230 e. The molecule has 118 valence electrons. The number of carbonyl (C=O) groups is 1. The van der Waals surface area contributed by atoms with Gasteiger partial charge < -0.3 is 15.6 Å². The molecule has 0 spiro atoms. The average molecular weight is 311 g/mol. The van der Waals surface area contributed by atoms with Crippen molar-refractivity contribution in [3.63, 3.8) is 0 Å². The number of rotatable bonds is 6. The fourth-order valence-electron chi connectivity index (χ4n) is 2.68. The van der Waals surface area contributed by atoms with Crippen LogP contribution in [0.4, 0.5) is 0 Å². The van der Waals surface area contributed by atoms with Crippen LogP contribution in [0.15, 0.2) is 5.16 Å². The Morgan fingerprint density at radius 3 is 2.71 bits per heavy atom. The molecule has 6 nitrogen and oxygen atoms in total. The summed E-state index contributed by atoms with van der Waals surface area (Å²) in [6.07, 6.45) is 7.26. The normalized spacial score (nSPS) is 16.7. The van der Waals surface area contributed by atoms with E-state index in [0.717, 1.165) is 23.8 Å². The molecule has 1 saturated carbocycles. The lowest BCUT2D eigenvalue weighted by Crippen LogP contribution is -2.35. The summed E-state index contributed by atoms with van der Waals surface area (Å²) in [5.41, 5.74) is 5.59. The number of nitrogens with zero attached hydrogens (tertiary/aromatic N) is 3. The van der Waals surface area contributed by atoms with Crippen LogP contribution in [0, 0.1) is 6.92 Å². The molecule has 0 aromatic carbocycles. The molecule has 1 aliphatic rings. The van der Waals surface area contributed by atoms with Crippen molar-refractivity contribution in [1.29, 1.82) is 0 Å². The predicted octanol–water partition coefficient (Wildman–Crippen LogP) is 1.48. The van der Waals surface area contributed by atoms with Crippen molar-refractivity contribution < 1.29 is 4.79 Å². The first-order valence-corrected chi connectivity index (χ1v) is 8.71. The van der Waals surface area contributed by atoms with Gasteiger partial charge >= 0.3 is 0 Å². The van der Waals surface area contributed by atoms with Crippen molar-refractivity contribution >= 4 is 17.7 Å². The summed E-state index contributed by atoms with van der Waals surface area (Å²) in [6, 6.07) is 0.351. The first kappa shape index (κ1) is 16.3. The van der Waals surface area contributed by atoms with Crippen LogP contribution >= 0.6 is 11.8 Å². The second-order valence-electron chi connectivity index (χ2n) is 5.51. The molecule has 1 heterocycles. The molecule has 0 aliphatic heterocycles. The third kappa shape index (κ3) is 5.00. The summed E-state index contributed by atoms with van der Waals surface area (Å²) in [5.74, 6) is 1.32. The molecule has 21 heavy (non-hydrogen) atoms. The van der Waals surface area contributed by atoms with E-state index in [4.69, 9.17) is 5.73 Å². The van der Waals surface area contributed by atoms with Gasteiger partial charge in [-0.15, -0.1) is 10.2 Å². The van der Waals surface area contributed by atoms with Crippen LogP contribution in [0.3, 0.4) is 0 Å². The number of hydrogen-bond donors (Lipinski definition) is 2. The van der Waals surface area contributed by atoms with E-state index in [0.29, 0.717) is 24.9 Å². The molecule has 1 aliphatic carbocycles. The summed E-state index contributed by atoms with van der Waals surface area (Å²) < 4.78 is 1.96. The summed E-state index contributed by atoms with van der Waals surface area (Å²) in [6.45, 7) is 3.13. The summed E-state index contributed by atoms with van der Waals surface area (Å²) in [7, 11) is 0. The lowest BCUT2D eigenvalue weighted by atomic mass is 10.1. The molecule has 2 rings (SSSR count). The van der Waals surface area contributed by atoms with Crippen molar-refractivity contribution in [2.24, 2.45) is 5.73 Å². The molecule has 0 unspecified atom stereocenters. The van der Waals surface area contributed by atoms with Crippen molar-refractivity contribution in [1.82, 2.24) is 20.1 Å². The minimum absolute atomic E-state index is 0.0897. The van der Waals surface area contributed by atoms with Crippen LogP contribution in [-0.2, 0) is 11.3 Å². The van der Waals surface area contributed by atoms with E-state index in [9.17, 15) is 4.79 Å². The number of carbonyl (C=O) groups excluding carboxylic acids is 1. The molecule has 0 bridgehead atoms. The smallest absolute Gasteiger partial charge is 0.230 e. The fraction of sp³-hybridized carbons (Fsp3) is 0.786. The molecule has 1 aromatic rings. The molecule has 0 radical (unpaired) electrons. The number of aromatic nitrogens is 3. The standard InChI is InChI=1S/C14H25N5OS/c1-11-17-18-14(19(11)9-8-15)21-10-13(20)16-12-6-4-2-3-5-7-12/h12H,2-10,15H2,1H3,(H,16,20).